The summed E-state index contributed by atoms with van der Waals surface area (Å²) in [5.74, 6) is -0.327. The Morgan fingerprint density at radius 1 is 0.829 bits per heavy atom. The van der Waals surface area contributed by atoms with Crippen LogP contribution in [-0.4, -0.2) is 45.8 Å². The van der Waals surface area contributed by atoms with Gasteiger partial charge in [0, 0.05) is 37.1 Å². The molecule has 0 unspecified atom stereocenters. The molecule has 5 nitrogen and oxygen atoms in total. The van der Waals surface area contributed by atoms with Crippen molar-refractivity contribution in [1.29, 1.82) is 0 Å². The number of amides is 2. The molecule has 8 heteroatoms. The molecule has 0 spiro atoms. The first-order valence-corrected chi connectivity index (χ1v) is 14.6. The Bertz CT molecular complexity index is 1250. The molecule has 0 fully saturated rings. The van der Waals surface area contributed by atoms with Gasteiger partial charge < -0.3 is 14.4 Å². The van der Waals surface area contributed by atoms with Crippen molar-refractivity contribution in [3.8, 4) is 0 Å². The van der Waals surface area contributed by atoms with Crippen molar-refractivity contribution in [2.45, 2.75) is 78.6 Å². The zero-order valence-electron chi connectivity index (χ0n) is 24.4. The second-order valence-corrected chi connectivity index (χ2v) is 10.5. The number of carbonyl (C=O) groups is 2. The number of rotatable bonds is 15. The molecule has 1 aromatic heterocycles. The summed E-state index contributed by atoms with van der Waals surface area (Å²) in [6.07, 6.45) is 3.39. The Hall–Kier alpha value is -3.55. The molecule has 2 amide bonds. The number of carbonyl (C=O) groups excluding carboxylic acids is 2. The highest BCUT2D eigenvalue weighted by Crippen LogP contribution is 2.29. The third kappa shape index (κ3) is 9.51. The van der Waals surface area contributed by atoms with Gasteiger partial charge >= 0.3 is 6.18 Å². The number of unbranched alkanes of at least 4 members (excludes halogenated alkanes) is 3. The monoisotopic (exact) mass is 569 g/mol. The molecule has 1 heterocycles. The fourth-order valence-corrected chi connectivity index (χ4v) is 4.80. The van der Waals surface area contributed by atoms with Crippen molar-refractivity contribution in [2.24, 2.45) is 0 Å². The van der Waals surface area contributed by atoms with Crippen LogP contribution >= 0.6 is 0 Å². The van der Waals surface area contributed by atoms with Gasteiger partial charge in [0.25, 0.3) is 5.91 Å². The van der Waals surface area contributed by atoms with Gasteiger partial charge in [0.15, 0.2) is 0 Å². The van der Waals surface area contributed by atoms with Crippen molar-refractivity contribution >= 4 is 11.8 Å². The van der Waals surface area contributed by atoms with E-state index in [2.05, 4.69) is 13.8 Å². The Labute approximate surface area is 242 Å². The molecule has 0 saturated carbocycles. The normalized spacial score (nSPS) is 11.5. The lowest BCUT2D eigenvalue weighted by Gasteiger charge is -2.28. The molecule has 3 rings (SSSR count). The van der Waals surface area contributed by atoms with Gasteiger partial charge in [0.1, 0.15) is 6.54 Å². The smallest absolute Gasteiger partial charge is 0.345 e. The van der Waals surface area contributed by atoms with Crippen LogP contribution in [0.15, 0.2) is 66.9 Å². The summed E-state index contributed by atoms with van der Waals surface area (Å²) in [6.45, 7) is 7.58. The van der Waals surface area contributed by atoms with Crippen molar-refractivity contribution in [3.05, 3.63) is 94.8 Å². The number of hydrogen-bond donors (Lipinski definition) is 0. The molecule has 0 bridgehead atoms. The molecule has 0 radical (unpaired) electrons. The molecule has 0 aliphatic rings. The molecule has 0 saturated heterocycles. The molecule has 222 valence electrons. The third-order valence-electron chi connectivity index (χ3n) is 7.28. The summed E-state index contributed by atoms with van der Waals surface area (Å²) in [5, 5.41) is 0. The van der Waals surface area contributed by atoms with E-state index < -0.39 is 11.7 Å². The van der Waals surface area contributed by atoms with Crippen molar-refractivity contribution < 1.29 is 22.8 Å². The number of likely N-dealkylation sites (N-methyl/N-ethyl adjacent to an activating group) is 1. The Morgan fingerprint density at radius 2 is 1.56 bits per heavy atom. The molecule has 41 heavy (non-hydrogen) atoms. The van der Waals surface area contributed by atoms with Gasteiger partial charge in [-0.2, -0.15) is 13.2 Å². The predicted octanol–water partition coefficient (Wildman–Crippen LogP) is 7.58. The summed E-state index contributed by atoms with van der Waals surface area (Å²) in [5.41, 5.74) is 2.43. The summed E-state index contributed by atoms with van der Waals surface area (Å²) < 4.78 is 41.5. The Kier molecular flexibility index (Phi) is 12.0. The second kappa shape index (κ2) is 15.5. The van der Waals surface area contributed by atoms with Crippen molar-refractivity contribution in [3.63, 3.8) is 0 Å². The molecule has 0 N–H and O–H groups in total. The summed E-state index contributed by atoms with van der Waals surface area (Å²) >= 11 is 0. The van der Waals surface area contributed by atoms with Gasteiger partial charge in [-0.05, 0) is 73.7 Å². The topological polar surface area (TPSA) is 45.6 Å². The largest absolute Gasteiger partial charge is 0.416 e. The van der Waals surface area contributed by atoms with E-state index in [1.807, 2.05) is 54.1 Å². The maximum atomic E-state index is 13.6. The van der Waals surface area contributed by atoms with Crippen LogP contribution in [0.4, 0.5) is 13.2 Å². The van der Waals surface area contributed by atoms with Crippen molar-refractivity contribution in [1.82, 2.24) is 14.4 Å². The molecular weight excluding hydrogens is 527 g/mol. The van der Waals surface area contributed by atoms with Crippen LogP contribution in [0.5, 0.6) is 0 Å². The first-order chi connectivity index (χ1) is 19.7. The quantitative estimate of drug-likeness (QED) is 0.177. The summed E-state index contributed by atoms with van der Waals surface area (Å²) in [6, 6.07) is 16.7. The number of nitrogens with zero attached hydrogens (tertiary/aromatic N) is 3. The van der Waals surface area contributed by atoms with Gasteiger partial charge in [0.2, 0.25) is 5.91 Å². The lowest BCUT2D eigenvalue weighted by molar-refractivity contribution is -0.137. The van der Waals surface area contributed by atoms with Crippen LogP contribution in [0.25, 0.3) is 0 Å². The number of alkyl halides is 3. The minimum absolute atomic E-state index is 0.0343. The minimum atomic E-state index is -4.41. The lowest BCUT2D eigenvalue weighted by atomic mass is 10.1. The SMILES string of the molecule is CCCCCN(Cc1cccn1Cc1cccc(C(F)(F)F)c1)C(=O)CN(CC)C(=O)c1ccc(CCCC)cc1. The lowest BCUT2D eigenvalue weighted by Crippen LogP contribution is -2.43. The van der Waals surface area contributed by atoms with Gasteiger partial charge in [0.05, 0.1) is 12.1 Å². The van der Waals surface area contributed by atoms with Gasteiger partial charge in [-0.25, -0.2) is 0 Å². The van der Waals surface area contributed by atoms with Crippen LogP contribution in [0.1, 0.15) is 85.6 Å². The van der Waals surface area contributed by atoms with E-state index in [1.54, 1.807) is 15.9 Å². The molecule has 3 aromatic rings. The number of aromatic nitrogens is 1. The molecular formula is C33H42F3N3O2. The zero-order valence-corrected chi connectivity index (χ0v) is 24.4. The standard InChI is InChI=1S/C33H42F3N3O2/c1-4-7-9-20-39(24-30-15-11-21-38(30)23-27-13-10-14-29(22-27)33(34,35)36)31(40)25-37(6-3)32(41)28-18-16-26(17-19-28)12-8-5-2/h10-11,13-19,21-22H,4-9,12,20,23-25H2,1-3H3. The number of halogens is 3. The highest BCUT2D eigenvalue weighted by Gasteiger charge is 2.30. The van der Waals surface area contributed by atoms with Crippen LogP contribution < -0.4 is 0 Å². The highest BCUT2D eigenvalue weighted by molar-refractivity contribution is 5.96. The van der Waals surface area contributed by atoms with Crippen LogP contribution in [0, 0.1) is 0 Å². The Balaban J connectivity index is 1.73. The van der Waals surface area contributed by atoms with Crippen molar-refractivity contribution in [2.75, 3.05) is 19.6 Å². The van der Waals surface area contributed by atoms with Gasteiger partial charge in [-0.3, -0.25) is 9.59 Å². The molecule has 2 aromatic carbocycles. The summed E-state index contributed by atoms with van der Waals surface area (Å²) in [7, 11) is 0. The van der Waals surface area contributed by atoms with E-state index in [0.717, 1.165) is 56.4 Å². The van der Waals surface area contributed by atoms with E-state index >= 15 is 0 Å². The average Bonchev–Trinajstić information content (AvgIpc) is 3.40. The minimum Gasteiger partial charge on any atom is -0.345 e. The van der Waals surface area contributed by atoms with Crippen LogP contribution in [-0.2, 0) is 30.5 Å². The maximum absolute atomic E-state index is 13.6. The molecule has 0 atom stereocenters. The van der Waals surface area contributed by atoms with Crippen LogP contribution in [0.3, 0.4) is 0 Å². The first-order valence-electron chi connectivity index (χ1n) is 14.6. The zero-order chi connectivity index (χ0) is 29.8. The second-order valence-electron chi connectivity index (χ2n) is 10.5. The van der Waals surface area contributed by atoms with E-state index in [-0.39, 0.29) is 24.9 Å². The van der Waals surface area contributed by atoms with Gasteiger partial charge in [-0.15, -0.1) is 0 Å². The van der Waals surface area contributed by atoms with Crippen LogP contribution in [0.2, 0.25) is 0 Å². The molecule has 0 aliphatic heterocycles. The Morgan fingerprint density at radius 3 is 2.22 bits per heavy atom. The summed E-state index contributed by atoms with van der Waals surface area (Å²) in [4.78, 5) is 30.2. The third-order valence-corrected chi connectivity index (χ3v) is 7.28. The first kappa shape index (κ1) is 32.0. The van der Waals surface area contributed by atoms with E-state index in [9.17, 15) is 22.8 Å². The van der Waals surface area contributed by atoms with E-state index in [0.29, 0.717) is 30.8 Å². The average molecular weight is 570 g/mol. The highest BCUT2D eigenvalue weighted by atomic mass is 19.4. The fourth-order valence-electron chi connectivity index (χ4n) is 4.80. The van der Waals surface area contributed by atoms with E-state index in [4.69, 9.17) is 0 Å². The maximum Gasteiger partial charge on any atom is 0.416 e. The molecule has 0 aliphatic carbocycles. The number of aryl methyl sites for hydroxylation is 1. The van der Waals surface area contributed by atoms with Gasteiger partial charge in [-0.1, -0.05) is 57.4 Å². The number of hydrogen-bond acceptors (Lipinski definition) is 2. The number of benzene rings is 2. The predicted molar refractivity (Wildman–Crippen MR) is 157 cm³/mol. The fraction of sp³-hybridized carbons (Fsp3) is 0.455. The van der Waals surface area contributed by atoms with E-state index in [1.165, 1.54) is 11.6 Å².